The maximum absolute atomic E-state index is 12.3. The molecule has 0 bridgehead atoms. The number of ether oxygens (including phenoxy) is 1. The van der Waals surface area contributed by atoms with Crippen LogP contribution in [-0.4, -0.2) is 13.0 Å². The second kappa shape index (κ2) is 5.92. The van der Waals surface area contributed by atoms with E-state index in [0.29, 0.717) is 11.5 Å². The third kappa shape index (κ3) is 2.87. The molecule has 3 rings (SSSR count). The Balaban J connectivity index is 2.14. The lowest BCUT2D eigenvalue weighted by Crippen LogP contribution is -2.03. The number of anilines is 1. The molecule has 1 amide bonds. The van der Waals surface area contributed by atoms with Crippen molar-refractivity contribution in [3.05, 3.63) is 58.7 Å². The molecule has 1 aliphatic heterocycles. The Morgan fingerprint density at radius 1 is 1.13 bits per heavy atom. The molecule has 0 aromatic heterocycles. The highest BCUT2D eigenvalue weighted by Gasteiger charge is 2.24. The van der Waals surface area contributed by atoms with Crippen LogP contribution in [0.3, 0.4) is 0 Å². The van der Waals surface area contributed by atoms with Crippen molar-refractivity contribution in [1.82, 2.24) is 0 Å². The van der Waals surface area contributed by atoms with E-state index in [0.717, 1.165) is 28.1 Å². The number of aryl methyl sites for hydroxylation is 1. The molecule has 0 unspecified atom stereocenters. The molecule has 0 spiro atoms. The molecule has 1 heterocycles. The van der Waals surface area contributed by atoms with Crippen LogP contribution in [0.15, 0.2) is 36.4 Å². The number of carbonyl (C=O) groups is 1. The van der Waals surface area contributed by atoms with Gasteiger partial charge in [0.05, 0.1) is 7.11 Å². The van der Waals surface area contributed by atoms with Crippen LogP contribution in [0.1, 0.15) is 42.0 Å². The van der Waals surface area contributed by atoms with Crippen molar-refractivity contribution in [2.45, 2.75) is 26.7 Å². The molecule has 0 radical (unpaired) electrons. The molecule has 3 nitrogen and oxygen atoms in total. The number of hydrogen-bond acceptors (Lipinski definition) is 2. The van der Waals surface area contributed by atoms with Crippen molar-refractivity contribution in [1.29, 1.82) is 0 Å². The maximum Gasteiger partial charge on any atom is 0.256 e. The van der Waals surface area contributed by atoms with E-state index in [1.54, 1.807) is 7.11 Å². The van der Waals surface area contributed by atoms with E-state index < -0.39 is 0 Å². The summed E-state index contributed by atoms with van der Waals surface area (Å²) < 4.78 is 5.46. The summed E-state index contributed by atoms with van der Waals surface area (Å²) in [6, 6.07) is 12.1. The van der Waals surface area contributed by atoms with Crippen molar-refractivity contribution < 1.29 is 9.53 Å². The predicted molar refractivity (Wildman–Crippen MR) is 94.8 cm³/mol. The van der Waals surface area contributed by atoms with Gasteiger partial charge < -0.3 is 10.1 Å². The average Bonchev–Trinajstić information content (AvgIpc) is 2.83. The zero-order valence-corrected chi connectivity index (χ0v) is 13.9. The molecule has 2 aromatic carbocycles. The summed E-state index contributed by atoms with van der Waals surface area (Å²) in [4.78, 5) is 12.3. The Labute approximate surface area is 137 Å². The van der Waals surface area contributed by atoms with Crippen LogP contribution in [0.4, 0.5) is 5.69 Å². The minimum Gasteiger partial charge on any atom is -0.496 e. The first-order chi connectivity index (χ1) is 11.0. The van der Waals surface area contributed by atoms with Gasteiger partial charge in [0, 0.05) is 22.4 Å². The third-order valence-corrected chi connectivity index (χ3v) is 4.18. The van der Waals surface area contributed by atoms with E-state index in [2.05, 4.69) is 31.3 Å². The highest BCUT2D eigenvalue weighted by atomic mass is 16.5. The smallest absolute Gasteiger partial charge is 0.256 e. The van der Waals surface area contributed by atoms with Gasteiger partial charge in [0.2, 0.25) is 0 Å². The zero-order chi connectivity index (χ0) is 16.6. The number of methoxy groups -OCH3 is 1. The van der Waals surface area contributed by atoms with Gasteiger partial charge in [0.15, 0.2) is 0 Å². The summed E-state index contributed by atoms with van der Waals surface area (Å²) in [5.74, 6) is 1.13. The Bertz CT molecular complexity index is 803. The van der Waals surface area contributed by atoms with Crippen LogP contribution < -0.4 is 10.1 Å². The van der Waals surface area contributed by atoms with Gasteiger partial charge in [-0.25, -0.2) is 0 Å². The van der Waals surface area contributed by atoms with Gasteiger partial charge in [-0.2, -0.15) is 0 Å². The van der Waals surface area contributed by atoms with Crippen LogP contribution in [0, 0.1) is 6.92 Å². The highest BCUT2D eigenvalue weighted by Crippen LogP contribution is 2.35. The van der Waals surface area contributed by atoms with E-state index in [9.17, 15) is 4.79 Å². The quantitative estimate of drug-likeness (QED) is 0.840. The van der Waals surface area contributed by atoms with Crippen molar-refractivity contribution >= 4 is 23.2 Å². The topological polar surface area (TPSA) is 38.3 Å². The minimum absolute atomic E-state index is 0.0670. The number of nitrogens with one attached hydrogen (secondary N) is 1. The van der Waals surface area contributed by atoms with Gasteiger partial charge >= 0.3 is 0 Å². The van der Waals surface area contributed by atoms with Gasteiger partial charge in [-0.1, -0.05) is 31.5 Å². The SMILES string of the molecule is COc1ccc(C(C)C)cc1/C=C1/C(=O)Nc2ccc(C)cc21. The van der Waals surface area contributed by atoms with Crippen molar-refractivity contribution in [3.63, 3.8) is 0 Å². The Hall–Kier alpha value is -2.55. The van der Waals surface area contributed by atoms with Gasteiger partial charge in [-0.3, -0.25) is 4.79 Å². The van der Waals surface area contributed by atoms with E-state index in [1.165, 1.54) is 5.56 Å². The van der Waals surface area contributed by atoms with Gasteiger partial charge in [-0.05, 0) is 48.7 Å². The summed E-state index contributed by atoms with van der Waals surface area (Å²) in [6.07, 6.45) is 1.92. The third-order valence-electron chi connectivity index (χ3n) is 4.18. The van der Waals surface area contributed by atoms with Gasteiger partial charge in [0.1, 0.15) is 5.75 Å². The summed E-state index contributed by atoms with van der Waals surface area (Å²) in [7, 11) is 1.65. The number of fused-ring (bicyclic) bond motifs is 1. The molecular formula is C20H21NO2. The van der Waals surface area contributed by atoms with E-state index in [1.807, 2.05) is 37.3 Å². The molecule has 3 heteroatoms. The fraction of sp³-hybridized carbons (Fsp3) is 0.250. The van der Waals surface area contributed by atoms with Crippen LogP contribution in [0.25, 0.3) is 11.6 Å². The first-order valence-electron chi connectivity index (χ1n) is 7.81. The molecule has 0 atom stereocenters. The molecule has 0 saturated carbocycles. The summed E-state index contributed by atoms with van der Waals surface area (Å²) in [6.45, 7) is 6.33. The lowest BCUT2D eigenvalue weighted by molar-refractivity contribution is -0.110. The van der Waals surface area contributed by atoms with Crippen LogP contribution in [0.5, 0.6) is 5.75 Å². The second-order valence-corrected chi connectivity index (χ2v) is 6.22. The Morgan fingerprint density at radius 2 is 1.91 bits per heavy atom. The standard InChI is InChI=1S/C20H21NO2/c1-12(2)14-6-8-19(23-4)15(10-14)11-17-16-9-13(3)5-7-18(16)21-20(17)22/h5-12H,1-4H3,(H,21,22)/b17-11+. The summed E-state index contributed by atoms with van der Waals surface area (Å²) in [5, 5.41) is 2.92. The first kappa shape index (κ1) is 15.3. The molecule has 23 heavy (non-hydrogen) atoms. The van der Waals surface area contributed by atoms with Crippen molar-refractivity contribution in [2.75, 3.05) is 12.4 Å². The number of benzene rings is 2. The Kier molecular flexibility index (Phi) is 3.95. The lowest BCUT2D eigenvalue weighted by Gasteiger charge is -2.11. The fourth-order valence-electron chi connectivity index (χ4n) is 2.83. The van der Waals surface area contributed by atoms with Crippen LogP contribution in [0.2, 0.25) is 0 Å². The minimum atomic E-state index is -0.0670. The van der Waals surface area contributed by atoms with E-state index in [4.69, 9.17) is 4.74 Å². The van der Waals surface area contributed by atoms with Crippen molar-refractivity contribution in [2.24, 2.45) is 0 Å². The monoisotopic (exact) mass is 307 g/mol. The maximum atomic E-state index is 12.3. The molecular weight excluding hydrogens is 286 g/mol. The average molecular weight is 307 g/mol. The molecule has 0 saturated heterocycles. The lowest BCUT2D eigenvalue weighted by atomic mass is 9.97. The van der Waals surface area contributed by atoms with Crippen LogP contribution >= 0.6 is 0 Å². The highest BCUT2D eigenvalue weighted by molar-refractivity contribution is 6.35. The number of hydrogen-bond donors (Lipinski definition) is 1. The summed E-state index contributed by atoms with van der Waals surface area (Å²) >= 11 is 0. The van der Waals surface area contributed by atoms with Crippen LogP contribution in [-0.2, 0) is 4.79 Å². The first-order valence-corrected chi connectivity index (χ1v) is 7.81. The molecule has 0 aliphatic carbocycles. The summed E-state index contributed by atoms with van der Waals surface area (Å²) in [5.41, 5.74) is 5.79. The molecule has 0 fully saturated rings. The van der Waals surface area contributed by atoms with Crippen molar-refractivity contribution in [3.8, 4) is 5.75 Å². The molecule has 1 N–H and O–H groups in total. The molecule has 2 aromatic rings. The van der Waals surface area contributed by atoms with Gasteiger partial charge in [0.25, 0.3) is 5.91 Å². The fourth-order valence-corrected chi connectivity index (χ4v) is 2.83. The normalized spacial score (nSPS) is 15.0. The molecule has 1 aliphatic rings. The largest absolute Gasteiger partial charge is 0.496 e. The van der Waals surface area contributed by atoms with E-state index in [-0.39, 0.29) is 5.91 Å². The zero-order valence-electron chi connectivity index (χ0n) is 13.9. The van der Waals surface area contributed by atoms with E-state index >= 15 is 0 Å². The number of rotatable bonds is 3. The van der Waals surface area contributed by atoms with Gasteiger partial charge in [-0.15, -0.1) is 0 Å². The number of carbonyl (C=O) groups excluding carboxylic acids is 1. The molecule has 118 valence electrons. The second-order valence-electron chi connectivity index (χ2n) is 6.22. The Morgan fingerprint density at radius 3 is 2.61 bits per heavy atom. The number of amides is 1. The predicted octanol–water partition coefficient (Wildman–Crippen LogP) is 4.62.